The van der Waals surface area contributed by atoms with Gasteiger partial charge in [-0.15, -0.1) is 0 Å². The number of carbonyl (C=O) groups is 1. The van der Waals surface area contributed by atoms with E-state index in [1.165, 1.54) is 0 Å². The SMILES string of the molecule is Cc1ccc(NC(=O)Oc2c(C)oc(C(C)(C)C)c2CN2CCOCC2)cc1Nc1nccn1-c1cc(NC2CC2)ncn1. The Morgan fingerprint density at radius 3 is 2.64 bits per heavy atom. The van der Waals surface area contributed by atoms with E-state index >= 15 is 0 Å². The fraction of sp³-hybridized carbons (Fsp3) is 0.438. The first kappa shape index (κ1) is 29.6. The molecule has 0 spiro atoms. The van der Waals surface area contributed by atoms with Crippen LogP contribution in [0.4, 0.5) is 27.9 Å². The van der Waals surface area contributed by atoms with Gasteiger partial charge in [-0.1, -0.05) is 26.8 Å². The van der Waals surface area contributed by atoms with Crippen molar-refractivity contribution >= 4 is 29.2 Å². The van der Waals surface area contributed by atoms with Gasteiger partial charge < -0.3 is 24.5 Å². The van der Waals surface area contributed by atoms with E-state index in [1.54, 1.807) is 12.5 Å². The van der Waals surface area contributed by atoms with Crippen LogP contribution >= 0.6 is 0 Å². The lowest BCUT2D eigenvalue weighted by molar-refractivity contribution is 0.0335. The Morgan fingerprint density at radius 1 is 1.09 bits per heavy atom. The molecule has 2 aliphatic rings. The molecule has 0 radical (unpaired) electrons. The molecule has 0 unspecified atom stereocenters. The molecule has 12 nitrogen and oxygen atoms in total. The minimum atomic E-state index is -0.592. The van der Waals surface area contributed by atoms with E-state index in [1.807, 2.05) is 48.9 Å². The average Bonchev–Trinajstić information content (AvgIpc) is 3.59. The van der Waals surface area contributed by atoms with E-state index in [-0.39, 0.29) is 5.41 Å². The number of benzene rings is 1. The number of anilines is 4. The monoisotopic (exact) mass is 600 g/mol. The van der Waals surface area contributed by atoms with Gasteiger partial charge in [-0.2, -0.15) is 0 Å². The number of morpholine rings is 1. The predicted molar refractivity (Wildman–Crippen MR) is 168 cm³/mol. The van der Waals surface area contributed by atoms with Crippen LogP contribution in [0.2, 0.25) is 0 Å². The number of ether oxygens (including phenoxy) is 2. The van der Waals surface area contributed by atoms with E-state index in [4.69, 9.17) is 13.9 Å². The molecule has 2 fully saturated rings. The van der Waals surface area contributed by atoms with Crippen molar-refractivity contribution in [1.82, 2.24) is 24.4 Å². The highest BCUT2D eigenvalue weighted by atomic mass is 16.6. The van der Waals surface area contributed by atoms with Crippen molar-refractivity contribution < 1.29 is 18.7 Å². The van der Waals surface area contributed by atoms with E-state index < -0.39 is 6.09 Å². The molecular weight excluding hydrogens is 560 g/mol. The number of carbonyl (C=O) groups excluding carboxylic acids is 1. The van der Waals surface area contributed by atoms with Crippen molar-refractivity contribution in [3.05, 3.63) is 65.6 Å². The fourth-order valence-corrected chi connectivity index (χ4v) is 5.21. The number of hydrogen-bond acceptors (Lipinski definition) is 10. The molecule has 1 aliphatic heterocycles. The summed E-state index contributed by atoms with van der Waals surface area (Å²) in [5.41, 5.74) is 2.97. The third kappa shape index (κ3) is 6.87. The van der Waals surface area contributed by atoms with Gasteiger partial charge in [0.15, 0.2) is 5.75 Å². The summed E-state index contributed by atoms with van der Waals surface area (Å²) in [6.07, 6.45) is 6.82. The van der Waals surface area contributed by atoms with Crippen molar-refractivity contribution in [2.75, 3.05) is 42.3 Å². The summed E-state index contributed by atoms with van der Waals surface area (Å²) in [6, 6.07) is 8.01. The minimum Gasteiger partial charge on any atom is -0.461 e. The zero-order valence-electron chi connectivity index (χ0n) is 25.9. The second-order valence-electron chi connectivity index (χ2n) is 12.4. The number of rotatable bonds is 9. The summed E-state index contributed by atoms with van der Waals surface area (Å²) in [7, 11) is 0. The molecule has 232 valence electrons. The maximum atomic E-state index is 13.2. The second-order valence-corrected chi connectivity index (χ2v) is 12.4. The van der Waals surface area contributed by atoms with Crippen LogP contribution in [0.15, 0.2) is 47.4 Å². The number of aromatic nitrogens is 4. The maximum Gasteiger partial charge on any atom is 0.417 e. The highest BCUT2D eigenvalue weighted by Crippen LogP contribution is 2.38. The highest BCUT2D eigenvalue weighted by molar-refractivity contribution is 5.87. The summed E-state index contributed by atoms with van der Waals surface area (Å²) in [5.74, 6) is 3.92. The van der Waals surface area contributed by atoms with E-state index in [0.29, 0.717) is 54.8 Å². The number of aryl methyl sites for hydroxylation is 2. The van der Waals surface area contributed by atoms with E-state index in [2.05, 4.69) is 56.6 Å². The van der Waals surface area contributed by atoms with Crippen LogP contribution in [-0.4, -0.2) is 62.9 Å². The Balaban J connectivity index is 1.18. The van der Waals surface area contributed by atoms with Gasteiger partial charge in [-0.3, -0.25) is 14.8 Å². The predicted octanol–water partition coefficient (Wildman–Crippen LogP) is 5.93. The van der Waals surface area contributed by atoms with Crippen LogP contribution in [0.5, 0.6) is 5.75 Å². The van der Waals surface area contributed by atoms with Crippen LogP contribution in [0.25, 0.3) is 5.82 Å². The lowest BCUT2D eigenvalue weighted by Gasteiger charge is -2.28. The smallest absolute Gasteiger partial charge is 0.417 e. The van der Waals surface area contributed by atoms with Gasteiger partial charge in [0, 0.05) is 60.9 Å². The summed E-state index contributed by atoms with van der Waals surface area (Å²) < 4.78 is 19.5. The molecule has 1 aliphatic carbocycles. The minimum absolute atomic E-state index is 0.255. The van der Waals surface area contributed by atoms with Crippen molar-refractivity contribution in [3.8, 4) is 11.6 Å². The Labute approximate surface area is 257 Å². The molecule has 0 atom stereocenters. The standard InChI is InChI=1S/C32H40N8O4/c1-20-6-7-23(16-25(20)38-30-33-10-11-40(30)27-17-26(34-19-35-27)36-22-8-9-22)37-31(41)44-28-21(2)43-29(32(3,4)5)24(28)18-39-12-14-42-15-13-39/h6-7,10-11,16-17,19,22H,8-9,12-15,18H2,1-5H3,(H,33,38)(H,37,41)(H,34,35,36). The van der Waals surface area contributed by atoms with Gasteiger partial charge in [0.05, 0.1) is 18.8 Å². The molecule has 12 heteroatoms. The summed E-state index contributed by atoms with van der Waals surface area (Å²) in [6.45, 7) is 13.7. The zero-order valence-corrected chi connectivity index (χ0v) is 25.9. The summed E-state index contributed by atoms with van der Waals surface area (Å²) in [5, 5.41) is 9.68. The number of hydrogen-bond donors (Lipinski definition) is 3. The number of amides is 1. The molecule has 3 aromatic heterocycles. The highest BCUT2D eigenvalue weighted by Gasteiger charge is 2.31. The van der Waals surface area contributed by atoms with Crippen LogP contribution in [0.1, 0.15) is 56.3 Å². The largest absolute Gasteiger partial charge is 0.461 e. The Morgan fingerprint density at radius 2 is 1.89 bits per heavy atom. The normalized spacial score (nSPS) is 15.7. The molecule has 4 aromatic rings. The quantitative estimate of drug-likeness (QED) is 0.212. The van der Waals surface area contributed by atoms with Gasteiger partial charge in [-0.25, -0.2) is 19.7 Å². The number of nitrogens with one attached hydrogen (secondary N) is 3. The molecule has 1 saturated heterocycles. The molecule has 3 N–H and O–H groups in total. The van der Waals surface area contributed by atoms with Crippen molar-refractivity contribution in [2.45, 2.75) is 65.5 Å². The van der Waals surface area contributed by atoms with Gasteiger partial charge in [0.2, 0.25) is 5.95 Å². The van der Waals surface area contributed by atoms with Gasteiger partial charge in [0.1, 0.15) is 29.5 Å². The number of furan rings is 1. The van der Waals surface area contributed by atoms with Crippen LogP contribution in [-0.2, 0) is 16.7 Å². The van der Waals surface area contributed by atoms with Gasteiger partial charge >= 0.3 is 6.09 Å². The van der Waals surface area contributed by atoms with Crippen molar-refractivity contribution in [1.29, 1.82) is 0 Å². The third-order valence-electron chi connectivity index (χ3n) is 7.68. The summed E-state index contributed by atoms with van der Waals surface area (Å²) in [4.78, 5) is 28.8. The first-order valence-electron chi connectivity index (χ1n) is 15.1. The zero-order chi connectivity index (χ0) is 30.8. The van der Waals surface area contributed by atoms with Gasteiger partial charge in [0.25, 0.3) is 0 Å². The van der Waals surface area contributed by atoms with E-state index in [0.717, 1.165) is 54.3 Å². The molecule has 1 saturated carbocycles. The molecule has 0 bridgehead atoms. The lowest BCUT2D eigenvalue weighted by Crippen LogP contribution is -2.36. The number of nitrogens with zero attached hydrogens (tertiary/aromatic N) is 5. The Kier molecular flexibility index (Phi) is 8.28. The molecular formula is C32H40N8O4. The van der Waals surface area contributed by atoms with Crippen molar-refractivity contribution in [2.24, 2.45) is 0 Å². The van der Waals surface area contributed by atoms with Crippen molar-refractivity contribution in [3.63, 3.8) is 0 Å². The lowest BCUT2D eigenvalue weighted by atomic mass is 9.90. The molecule has 1 aromatic carbocycles. The Bertz CT molecular complexity index is 1630. The summed E-state index contributed by atoms with van der Waals surface area (Å²) >= 11 is 0. The molecule has 44 heavy (non-hydrogen) atoms. The van der Waals surface area contributed by atoms with E-state index in [9.17, 15) is 4.79 Å². The van der Waals surface area contributed by atoms with Gasteiger partial charge in [-0.05, 0) is 44.4 Å². The van der Waals surface area contributed by atoms with Crippen LogP contribution in [0.3, 0.4) is 0 Å². The maximum absolute atomic E-state index is 13.2. The Hall–Kier alpha value is -4.42. The third-order valence-corrected chi connectivity index (χ3v) is 7.68. The fourth-order valence-electron chi connectivity index (χ4n) is 5.21. The molecule has 4 heterocycles. The topological polar surface area (TPSA) is 132 Å². The van der Waals surface area contributed by atoms with Crippen LogP contribution in [0, 0.1) is 13.8 Å². The first-order valence-corrected chi connectivity index (χ1v) is 15.1. The number of imidazole rings is 1. The molecule has 6 rings (SSSR count). The second kappa shape index (κ2) is 12.3. The van der Waals surface area contributed by atoms with Crippen LogP contribution < -0.4 is 20.7 Å². The first-order chi connectivity index (χ1) is 21.1. The molecule has 1 amide bonds. The average molecular weight is 601 g/mol.